The van der Waals surface area contributed by atoms with E-state index in [-0.39, 0.29) is 0 Å². The molecule has 0 spiro atoms. The van der Waals surface area contributed by atoms with Crippen LogP contribution in [0.2, 0.25) is 0 Å². The summed E-state index contributed by atoms with van der Waals surface area (Å²) in [5.74, 6) is 0.389. The summed E-state index contributed by atoms with van der Waals surface area (Å²) in [6.07, 6.45) is 11.2. The van der Waals surface area contributed by atoms with Gasteiger partial charge in [-0.05, 0) is 42.5 Å². The number of nitrogens with zero attached hydrogens (tertiary/aromatic N) is 2. The molecule has 102 valence electrons. The molecule has 2 N–H and O–H groups in total. The van der Waals surface area contributed by atoms with E-state index in [2.05, 4.69) is 22.2 Å². The first-order valence-corrected chi connectivity index (χ1v) is 6.59. The average Bonchev–Trinajstić information content (AvgIpc) is 2.51. The molecule has 2 aliphatic heterocycles. The molecule has 3 heterocycles. The quantitative estimate of drug-likeness (QED) is 0.819. The van der Waals surface area contributed by atoms with E-state index in [1.807, 2.05) is 36.7 Å². The van der Waals surface area contributed by atoms with Crippen LogP contribution in [-0.2, 0) is 0 Å². The summed E-state index contributed by atoms with van der Waals surface area (Å²) >= 11 is 0. The number of aliphatic hydroxyl groups excluding tert-OH is 1. The second-order valence-corrected chi connectivity index (χ2v) is 5.00. The summed E-state index contributed by atoms with van der Waals surface area (Å²) in [6, 6.07) is 3.86. The molecule has 0 saturated carbocycles. The molecule has 0 amide bonds. The van der Waals surface area contributed by atoms with E-state index in [0.29, 0.717) is 5.76 Å². The molecule has 0 aromatic carbocycles. The van der Waals surface area contributed by atoms with Crippen molar-refractivity contribution in [3.63, 3.8) is 0 Å². The van der Waals surface area contributed by atoms with Gasteiger partial charge in [0.15, 0.2) is 0 Å². The van der Waals surface area contributed by atoms with Crippen LogP contribution >= 0.6 is 0 Å². The molecule has 0 radical (unpaired) electrons. The minimum atomic E-state index is 0.389. The van der Waals surface area contributed by atoms with Gasteiger partial charge in [-0.15, -0.1) is 0 Å². The Morgan fingerprint density at radius 1 is 1.10 bits per heavy atom. The van der Waals surface area contributed by atoms with Crippen molar-refractivity contribution in [2.45, 2.75) is 0 Å². The lowest BCUT2D eigenvalue weighted by Gasteiger charge is -2.28. The van der Waals surface area contributed by atoms with Crippen molar-refractivity contribution < 1.29 is 5.11 Å². The number of dihydropyridines is 1. The van der Waals surface area contributed by atoms with Gasteiger partial charge in [-0.25, -0.2) is 0 Å². The Hall–Kier alpha value is -2.33. The Morgan fingerprint density at radius 2 is 1.75 bits per heavy atom. The van der Waals surface area contributed by atoms with Crippen LogP contribution in [0.15, 0.2) is 66.0 Å². The van der Waals surface area contributed by atoms with Crippen molar-refractivity contribution in [2.24, 2.45) is 0 Å². The summed E-state index contributed by atoms with van der Waals surface area (Å²) < 4.78 is 0. The highest BCUT2D eigenvalue weighted by Crippen LogP contribution is 2.30. The van der Waals surface area contributed by atoms with E-state index < -0.39 is 0 Å². The third-order valence-electron chi connectivity index (χ3n) is 3.52. The zero-order chi connectivity index (χ0) is 13.9. The van der Waals surface area contributed by atoms with E-state index in [4.69, 9.17) is 0 Å². The topological polar surface area (TPSA) is 48.4 Å². The fraction of sp³-hybridized carbons (Fsp3) is 0.188. The fourth-order valence-corrected chi connectivity index (χ4v) is 2.52. The first kappa shape index (κ1) is 12.7. The number of aliphatic hydroxyl groups is 1. The molecule has 1 aromatic rings. The van der Waals surface area contributed by atoms with Crippen LogP contribution in [0, 0.1) is 0 Å². The maximum atomic E-state index is 10.6. The van der Waals surface area contributed by atoms with Crippen molar-refractivity contribution in [1.82, 2.24) is 15.2 Å². The van der Waals surface area contributed by atoms with Gasteiger partial charge in [-0.1, -0.05) is 0 Å². The van der Waals surface area contributed by atoms with Crippen molar-refractivity contribution in [2.75, 3.05) is 20.1 Å². The third kappa shape index (κ3) is 2.38. The minimum Gasteiger partial charge on any atom is -0.507 e. The van der Waals surface area contributed by atoms with Crippen molar-refractivity contribution in [3.8, 4) is 0 Å². The van der Waals surface area contributed by atoms with Gasteiger partial charge in [0.1, 0.15) is 5.76 Å². The lowest BCUT2D eigenvalue weighted by molar-refractivity contribution is 0.347. The van der Waals surface area contributed by atoms with E-state index in [0.717, 1.165) is 35.4 Å². The Morgan fingerprint density at radius 3 is 2.45 bits per heavy atom. The number of allylic oxidation sites excluding steroid dienone is 3. The molecule has 4 heteroatoms. The zero-order valence-corrected chi connectivity index (χ0v) is 11.4. The second kappa shape index (κ2) is 5.35. The third-order valence-corrected chi connectivity index (χ3v) is 3.52. The molecule has 0 bridgehead atoms. The van der Waals surface area contributed by atoms with Crippen LogP contribution in [0.4, 0.5) is 0 Å². The molecule has 3 rings (SSSR count). The SMILES string of the molecule is CN1CC(=C2C=CNC=C2)C(O)=C(c2ccncc2)C1. The van der Waals surface area contributed by atoms with E-state index >= 15 is 0 Å². The molecular weight excluding hydrogens is 250 g/mol. The lowest BCUT2D eigenvalue weighted by Crippen LogP contribution is -2.30. The number of pyridine rings is 1. The largest absolute Gasteiger partial charge is 0.507 e. The summed E-state index contributed by atoms with van der Waals surface area (Å²) in [7, 11) is 2.06. The highest BCUT2D eigenvalue weighted by Gasteiger charge is 2.23. The first-order valence-electron chi connectivity index (χ1n) is 6.59. The molecule has 0 unspecified atom stereocenters. The molecule has 0 saturated heterocycles. The van der Waals surface area contributed by atoms with E-state index in [1.54, 1.807) is 12.4 Å². The predicted octanol–water partition coefficient (Wildman–Crippen LogP) is 2.22. The van der Waals surface area contributed by atoms with E-state index in [1.165, 1.54) is 0 Å². The summed E-state index contributed by atoms with van der Waals surface area (Å²) in [5, 5.41) is 13.6. The number of rotatable bonds is 1. The smallest absolute Gasteiger partial charge is 0.125 e. The fourth-order valence-electron chi connectivity index (χ4n) is 2.52. The number of aromatic nitrogens is 1. The summed E-state index contributed by atoms with van der Waals surface area (Å²) in [4.78, 5) is 6.23. The van der Waals surface area contributed by atoms with Crippen LogP contribution in [0.3, 0.4) is 0 Å². The Balaban J connectivity index is 2.11. The van der Waals surface area contributed by atoms with Gasteiger partial charge in [-0.2, -0.15) is 0 Å². The Bertz CT molecular complexity index is 612. The Kier molecular flexibility index (Phi) is 3.39. The van der Waals surface area contributed by atoms with Gasteiger partial charge in [0.05, 0.1) is 0 Å². The van der Waals surface area contributed by atoms with E-state index in [9.17, 15) is 5.11 Å². The predicted molar refractivity (Wildman–Crippen MR) is 79.7 cm³/mol. The molecule has 4 nitrogen and oxygen atoms in total. The van der Waals surface area contributed by atoms with Crippen LogP contribution in [0.25, 0.3) is 5.57 Å². The van der Waals surface area contributed by atoms with Gasteiger partial charge in [-0.3, -0.25) is 9.88 Å². The van der Waals surface area contributed by atoms with Crippen LogP contribution in [0.1, 0.15) is 5.56 Å². The summed E-state index contributed by atoms with van der Waals surface area (Å²) in [5.41, 5.74) is 3.96. The van der Waals surface area contributed by atoms with Gasteiger partial charge in [0.2, 0.25) is 0 Å². The molecule has 0 atom stereocenters. The highest BCUT2D eigenvalue weighted by atomic mass is 16.3. The molecule has 0 aliphatic carbocycles. The van der Waals surface area contributed by atoms with Crippen molar-refractivity contribution >= 4 is 5.57 Å². The zero-order valence-electron chi connectivity index (χ0n) is 11.4. The van der Waals surface area contributed by atoms with Gasteiger partial charge >= 0.3 is 0 Å². The number of hydrogen-bond acceptors (Lipinski definition) is 4. The highest BCUT2D eigenvalue weighted by molar-refractivity contribution is 5.74. The van der Waals surface area contributed by atoms with Gasteiger partial charge in [0.25, 0.3) is 0 Å². The average molecular weight is 267 g/mol. The Labute approximate surface area is 118 Å². The number of hydrogen-bond donors (Lipinski definition) is 2. The second-order valence-electron chi connectivity index (χ2n) is 5.00. The van der Waals surface area contributed by atoms with Crippen molar-refractivity contribution in [1.29, 1.82) is 0 Å². The summed E-state index contributed by atoms with van der Waals surface area (Å²) in [6.45, 7) is 1.47. The normalized spacial score (nSPS) is 19.4. The lowest BCUT2D eigenvalue weighted by atomic mass is 9.94. The maximum absolute atomic E-state index is 10.6. The monoisotopic (exact) mass is 267 g/mol. The minimum absolute atomic E-state index is 0.389. The first-order chi connectivity index (χ1) is 9.75. The number of likely N-dealkylation sites (N-methyl/N-ethyl adjacent to an activating group) is 1. The van der Waals surface area contributed by atoms with Crippen molar-refractivity contribution in [3.05, 3.63) is 71.5 Å². The van der Waals surface area contributed by atoms with Crippen LogP contribution in [0.5, 0.6) is 0 Å². The van der Waals surface area contributed by atoms with Gasteiger partial charge < -0.3 is 10.4 Å². The molecule has 20 heavy (non-hydrogen) atoms. The standard InChI is InChI=1S/C16H17N3O/c1-19-10-14(12-2-6-17-7-3-12)16(20)15(11-19)13-4-8-18-9-5-13/h2-9,17,20H,10-11H2,1H3. The number of nitrogens with one attached hydrogen (secondary N) is 1. The van der Waals surface area contributed by atoms with Crippen LogP contribution < -0.4 is 5.32 Å². The molecule has 0 fully saturated rings. The molecular formula is C16H17N3O. The van der Waals surface area contributed by atoms with Crippen LogP contribution in [-0.4, -0.2) is 35.1 Å². The molecule has 1 aromatic heterocycles. The van der Waals surface area contributed by atoms with Gasteiger partial charge in [0, 0.05) is 49.0 Å². The maximum Gasteiger partial charge on any atom is 0.125 e. The molecule has 2 aliphatic rings.